The Balaban J connectivity index is 1.98. The summed E-state index contributed by atoms with van der Waals surface area (Å²) < 4.78 is 5.53. The van der Waals surface area contributed by atoms with Gasteiger partial charge in [0.2, 0.25) is 0 Å². The predicted molar refractivity (Wildman–Crippen MR) is 66.2 cm³/mol. The molecular weight excluding hydrogens is 216 g/mol. The van der Waals surface area contributed by atoms with E-state index in [2.05, 4.69) is 10.6 Å². The normalized spacial score (nSPS) is 20.2. The number of hydrogen-bond acceptors (Lipinski definition) is 3. The van der Waals surface area contributed by atoms with Crippen LogP contribution in [0.2, 0.25) is 0 Å². The highest BCUT2D eigenvalue weighted by atomic mass is 16.4. The van der Waals surface area contributed by atoms with Crippen molar-refractivity contribution < 1.29 is 9.21 Å². The van der Waals surface area contributed by atoms with E-state index in [9.17, 15) is 4.79 Å². The van der Waals surface area contributed by atoms with E-state index in [0.29, 0.717) is 5.76 Å². The summed E-state index contributed by atoms with van der Waals surface area (Å²) in [5.41, 5.74) is 1.06. The molecule has 0 radical (unpaired) electrons. The van der Waals surface area contributed by atoms with Gasteiger partial charge in [-0.2, -0.15) is 0 Å². The number of aryl methyl sites for hydroxylation is 2. The summed E-state index contributed by atoms with van der Waals surface area (Å²) in [6.07, 6.45) is 2.98. The highest BCUT2D eigenvalue weighted by Gasteiger charge is 2.19. The Morgan fingerprint density at radius 1 is 1.65 bits per heavy atom. The van der Waals surface area contributed by atoms with E-state index < -0.39 is 0 Å². The summed E-state index contributed by atoms with van der Waals surface area (Å²) in [5.74, 6) is 1.24. The van der Waals surface area contributed by atoms with Gasteiger partial charge in [-0.25, -0.2) is 0 Å². The second-order valence-corrected chi connectivity index (χ2v) is 4.59. The first-order chi connectivity index (χ1) is 8.20. The molecule has 0 aliphatic carbocycles. The summed E-state index contributed by atoms with van der Waals surface area (Å²) in [7, 11) is 0. The van der Waals surface area contributed by atoms with Crippen molar-refractivity contribution in [1.29, 1.82) is 0 Å². The van der Waals surface area contributed by atoms with Crippen molar-refractivity contribution in [3.8, 4) is 0 Å². The summed E-state index contributed by atoms with van der Waals surface area (Å²) in [4.78, 5) is 12.0. The molecule has 1 aromatic heterocycles. The fraction of sp³-hybridized carbons (Fsp3) is 0.615. The third kappa shape index (κ3) is 2.88. The van der Waals surface area contributed by atoms with Gasteiger partial charge in [0.1, 0.15) is 5.76 Å². The molecule has 1 saturated heterocycles. The molecule has 0 saturated carbocycles. The molecule has 2 N–H and O–H groups in total. The van der Waals surface area contributed by atoms with Crippen LogP contribution in [0.25, 0.3) is 0 Å². The van der Waals surface area contributed by atoms with Crippen LogP contribution in [0.1, 0.15) is 41.6 Å². The van der Waals surface area contributed by atoms with Crippen molar-refractivity contribution in [1.82, 2.24) is 10.6 Å². The third-order valence-corrected chi connectivity index (χ3v) is 3.20. The molecule has 1 fully saturated rings. The molecule has 2 rings (SSSR count). The SMILES string of the molecule is CCc1oc(C(=O)NC2CCCNC2)cc1C. The van der Waals surface area contributed by atoms with Crippen LogP contribution < -0.4 is 10.6 Å². The van der Waals surface area contributed by atoms with Gasteiger partial charge in [0.25, 0.3) is 5.91 Å². The van der Waals surface area contributed by atoms with Gasteiger partial charge in [-0.15, -0.1) is 0 Å². The molecule has 1 aliphatic rings. The van der Waals surface area contributed by atoms with Gasteiger partial charge >= 0.3 is 0 Å². The monoisotopic (exact) mass is 236 g/mol. The molecule has 94 valence electrons. The maximum Gasteiger partial charge on any atom is 0.287 e. The van der Waals surface area contributed by atoms with Crippen LogP contribution in [-0.4, -0.2) is 25.0 Å². The van der Waals surface area contributed by atoms with E-state index in [0.717, 1.165) is 43.7 Å². The fourth-order valence-electron chi connectivity index (χ4n) is 2.21. The predicted octanol–water partition coefficient (Wildman–Crippen LogP) is 1.63. The van der Waals surface area contributed by atoms with Gasteiger partial charge in [-0.1, -0.05) is 6.92 Å². The van der Waals surface area contributed by atoms with Crippen molar-refractivity contribution in [2.75, 3.05) is 13.1 Å². The third-order valence-electron chi connectivity index (χ3n) is 3.20. The largest absolute Gasteiger partial charge is 0.456 e. The topological polar surface area (TPSA) is 54.3 Å². The molecule has 0 spiro atoms. The number of amides is 1. The van der Waals surface area contributed by atoms with Crippen LogP contribution in [0.3, 0.4) is 0 Å². The number of carbonyl (C=O) groups excluding carboxylic acids is 1. The van der Waals surface area contributed by atoms with Crippen LogP contribution in [0.15, 0.2) is 10.5 Å². The quantitative estimate of drug-likeness (QED) is 0.838. The van der Waals surface area contributed by atoms with Crippen molar-refractivity contribution >= 4 is 5.91 Å². The van der Waals surface area contributed by atoms with Crippen molar-refractivity contribution in [2.24, 2.45) is 0 Å². The lowest BCUT2D eigenvalue weighted by molar-refractivity contribution is 0.0901. The summed E-state index contributed by atoms with van der Waals surface area (Å²) in [6, 6.07) is 2.05. The van der Waals surface area contributed by atoms with Crippen molar-refractivity contribution in [3.63, 3.8) is 0 Å². The van der Waals surface area contributed by atoms with Crippen molar-refractivity contribution in [3.05, 3.63) is 23.2 Å². The zero-order valence-electron chi connectivity index (χ0n) is 10.5. The zero-order valence-corrected chi connectivity index (χ0v) is 10.5. The molecule has 4 nitrogen and oxygen atoms in total. The minimum Gasteiger partial charge on any atom is -0.456 e. The molecule has 1 aliphatic heterocycles. The summed E-state index contributed by atoms with van der Waals surface area (Å²) in [6.45, 7) is 5.90. The Labute approximate surface area is 102 Å². The van der Waals surface area contributed by atoms with E-state index in [4.69, 9.17) is 4.42 Å². The van der Waals surface area contributed by atoms with Gasteiger partial charge in [0.15, 0.2) is 5.76 Å². The molecule has 17 heavy (non-hydrogen) atoms. The first kappa shape index (κ1) is 12.2. The molecule has 1 unspecified atom stereocenters. The number of rotatable bonds is 3. The fourth-order valence-corrected chi connectivity index (χ4v) is 2.21. The van der Waals surface area contributed by atoms with E-state index in [1.54, 1.807) is 0 Å². The van der Waals surface area contributed by atoms with Gasteiger partial charge < -0.3 is 15.1 Å². The zero-order chi connectivity index (χ0) is 12.3. The molecule has 1 atom stereocenters. The van der Waals surface area contributed by atoms with Gasteiger partial charge in [0, 0.05) is 19.0 Å². The first-order valence-corrected chi connectivity index (χ1v) is 6.31. The van der Waals surface area contributed by atoms with E-state index >= 15 is 0 Å². The average molecular weight is 236 g/mol. The first-order valence-electron chi connectivity index (χ1n) is 6.31. The minimum absolute atomic E-state index is 0.0958. The second kappa shape index (κ2) is 5.36. The minimum atomic E-state index is -0.0958. The Hall–Kier alpha value is -1.29. The Morgan fingerprint density at radius 3 is 3.06 bits per heavy atom. The highest BCUT2D eigenvalue weighted by molar-refractivity contribution is 5.92. The molecule has 0 bridgehead atoms. The van der Waals surface area contributed by atoms with Crippen molar-refractivity contribution in [2.45, 2.75) is 39.2 Å². The lowest BCUT2D eigenvalue weighted by Crippen LogP contribution is -2.45. The Morgan fingerprint density at radius 2 is 2.47 bits per heavy atom. The average Bonchev–Trinajstić information content (AvgIpc) is 2.72. The maximum absolute atomic E-state index is 12.0. The van der Waals surface area contributed by atoms with E-state index in [1.165, 1.54) is 0 Å². The Bertz CT molecular complexity index is 392. The molecule has 1 aromatic rings. The number of piperidine rings is 1. The standard InChI is InChI=1S/C13H20N2O2/c1-3-11-9(2)7-12(17-11)13(16)15-10-5-4-6-14-8-10/h7,10,14H,3-6,8H2,1-2H3,(H,15,16). The second-order valence-electron chi connectivity index (χ2n) is 4.59. The summed E-state index contributed by atoms with van der Waals surface area (Å²) in [5, 5.41) is 6.28. The lowest BCUT2D eigenvalue weighted by Gasteiger charge is -2.23. The van der Waals surface area contributed by atoms with E-state index in [1.807, 2.05) is 19.9 Å². The van der Waals surface area contributed by atoms with Gasteiger partial charge in [0.05, 0.1) is 0 Å². The highest BCUT2D eigenvalue weighted by Crippen LogP contribution is 2.15. The number of hydrogen-bond donors (Lipinski definition) is 2. The smallest absolute Gasteiger partial charge is 0.287 e. The molecule has 1 amide bonds. The molecular formula is C13H20N2O2. The number of furan rings is 1. The number of carbonyl (C=O) groups is 1. The van der Waals surface area contributed by atoms with E-state index in [-0.39, 0.29) is 11.9 Å². The van der Waals surface area contributed by atoms with Gasteiger partial charge in [-0.3, -0.25) is 4.79 Å². The number of nitrogens with one attached hydrogen (secondary N) is 2. The van der Waals surface area contributed by atoms with Crippen LogP contribution in [0.5, 0.6) is 0 Å². The maximum atomic E-state index is 12.0. The molecule has 4 heteroatoms. The molecule has 2 heterocycles. The van der Waals surface area contributed by atoms with Crippen LogP contribution >= 0.6 is 0 Å². The van der Waals surface area contributed by atoms with Crippen LogP contribution in [-0.2, 0) is 6.42 Å². The van der Waals surface area contributed by atoms with Crippen LogP contribution in [0, 0.1) is 6.92 Å². The molecule has 0 aromatic carbocycles. The lowest BCUT2D eigenvalue weighted by atomic mass is 10.1. The Kier molecular flexibility index (Phi) is 3.84. The summed E-state index contributed by atoms with van der Waals surface area (Å²) >= 11 is 0. The van der Waals surface area contributed by atoms with Gasteiger partial charge in [-0.05, 0) is 37.9 Å². The van der Waals surface area contributed by atoms with Crippen LogP contribution in [0.4, 0.5) is 0 Å².